The van der Waals surface area contributed by atoms with E-state index >= 15 is 0 Å². The first kappa shape index (κ1) is 35.3. The highest BCUT2D eigenvalue weighted by Crippen LogP contribution is 2.45. The molecule has 9 aromatic carbocycles. The van der Waals surface area contributed by atoms with Crippen molar-refractivity contribution in [2.24, 2.45) is 0 Å². The fraction of sp³-hybridized carbons (Fsp3) is 0.0714. The summed E-state index contributed by atoms with van der Waals surface area (Å²) in [4.78, 5) is 2.42. The van der Waals surface area contributed by atoms with E-state index in [0.717, 1.165) is 17.1 Å². The van der Waals surface area contributed by atoms with Crippen molar-refractivity contribution in [3.8, 4) is 39.1 Å². The summed E-state index contributed by atoms with van der Waals surface area (Å²) in [5.41, 5.74) is 15.5. The quantitative estimate of drug-likeness (QED) is 0.158. The topological polar surface area (TPSA) is 8.17 Å². The molecule has 0 spiro atoms. The molecule has 10 aromatic rings. The number of hydrogen-bond donors (Lipinski definition) is 0. The molecule has 2 heteroatoms. The average molecular weight is 745 g/mol. The Kier molecular flexibility index (Phi) is 8.76. The maximum Gasteiger partial charge on any atom is 0.0541 e. The van der Waals surface area contributed by atoms with Crippen molar-refractivity contribution in [3.05, 3.63) is 218 Å². The van der Waals surface area contributed by atoms with Crippen LogP contribution in [0.15, 0.2) is 212 Å². The molecule has 0 aliphatic rings. The van der Waals surface area contributed by atoms with Gasteiger partial charge in [-0.15, -0.1) is 0 Å². The summed E-state index contributed by atoms with van der Waals surface area (Å²) in [5.74, 6) is 0. The smallest absolute Gasteiger partial charge is 0.0541 e. The largest absolute Gasteiger partial charge is 0.310 e. The maximum atomic E-state index is 2.42. The van der Waals surface area contributed by atoms with Crippen molar-refractivity contribution >= 4 is 49.6 Å². The summed E-state index contributed by atoms with van der Waals surface area (Å²) >= 11 is 0. The molecule has 2 nitrogen and oxygen atoms in total. The lowest BCUT2D eigenvalue weighted by Gasteiger charge is -2.29. The third-order valence-corrected chi connectivity index (χ3v) is 11.6. The predicted molar refractivity (Wildman–Crippen MR) is 248 cm³/mol. The van der Waals surface area contributed by atoms with Gasteiger partial charge in [0.1, 0.15) is 0 Å². The number of nitrogens with zero attached hydrogens (tertiary/aromatic N) is 2. The molecule has 0 radical (unpaired) electrons. The summed E-state index contributed by atoms with van der Waals surface area (Å²) in [6, 6.07) is 77.5. The lowest BCUT2D eigenvalue weighted by atomic mass is 9.87. The monoisotopic (exact) mass is 744 g/mol. The number of hydrogen-bond acceptors (Lipinski definition) is 1. The molecule has 0 aliphatic heterocycles. The van der Waals surface area contributed by atoms with Gasteiger partial charge >= 0.3 is 0 Å². The third kappa shape index (κ3) is 6.24. The first-order chi connectivity index (χ1) is 28.4. The maximum absolute atomic E-state index is 2.42. The molecule has 0 aliphatic carbocycles. The van der Waals surface area contributed by atoms with E-state index in [9.17, 15) is 0 Å². The van der Waals surface area contributed by atoms with E-state index in [-0.39, 0.29) is 5.41 Å². The van der Waals surface area contributed by atoms with Crippen LogP contribution < -0.4 is 4.90 Å². The van der Waals surface area contributed by atoms with Crippen LogP contribution >= 0.6 is 0 Å². The molecule has 278 valence electrons. The Balaban J connectivity index is 1.12. The van der Waals surface area contributed by atoms with Crippen molar-refractivity contribution in [2.75, 3.05) is 4.90 Å². The highest BCUT2D eigenvalue weighted by Gasteiger charge is 2.21. The Morgan fingerprint density at radius 1 is 0.397 bits per heavy atom. The van der Waals surface area contributed by atoms with Crippen LogP contribution in [0.4, 0.5) is 17.1 Å². The zero-order valence-corrected chi connectivity index (χ0v) is 33.1. The van der Waals surface area contributed by atoms with Crippen molar-refractivity contribution in [1.82, 2.24) is 4.57 Å². The Labute approximate surface area is 340 Å². The highest BCUT2D eigenvalue weighted by molar-refractivity contribution is 6.11. The number of fused-ring (bicyclic) bond motifs is 4. The van der Waals surface area contributed by atoms with E-state index in [1.165, 1.54) is 77.2 Å². The molecule has 0 atom stereocenters. The Morgan fingerprint density at radius 2 is 0.966 bits per heavy atom. The van der Waals surface area contributed by atoms with E-state index in [1.807, 2.05) is 0 Å². The minimum absolute atomic E-state index is 0.0498. The van der Waals surface area contributed by atoms with Gasteiger partial charge in [-0.2, -0.15) is 0 Å². The molecule has 0 bridgehead atoms. The second-order valence-corrected chi connectivity index (χ2v) is 16.2. The van der Waals surface area contributed by atoms with Gasteiger partial charge in [-0.05, 0) is 110 Å². The standard InChI is InChI=1S/C56H44N2/c1-56(2,3)43-31-35-46(36-32-43)57(52-26-12-10-22-48(52)50-25-15-19-41-18-14-24-47(55(41)50)40-16-6-4-7-17-40)45-33-28-39(29-34-45)42-30-37-54-51(38-42)49-23-11-13-27-53(49)58(54)44-20-8-5-9-21-44/h4-38H,1-3H3. The third-order valence-electron chi connectivity index (χ3n) is 11.6. The Bertz CT molecular complexity index is 3050. The molecule has 10 rings (SSSR count). The van der Waals surface area contributed by atoms with Gasteiger partial charge in [0.2, 0.25) is 0 Å². The molecule has 0 unspecified atom stereocenters. The van der Waals surface area contributed by atoms with Crippen LogP contribution in [0.25, 0.3) is 71.6 Å². The van der Waals surface area contributed by atoms with Crippen LogP contribution in [0.1, 0.15) is 26.3 Å². The van der Waals surface area contributed by atoms with Gasteiger partial charge in [0.05, 0.1) is 16.7 Å². The second kappa shape index (κ2) is 14.4. The molecule has 0 amide bonds. The minimum Gasteiger partial charge on any atom is -0.310 e. The predicted octanol–water partition coefficient (Wildman–Crippen LogP) is 15.7. The Morgan fingerprint density at radius 3 is 1.69 bits per heavy atom. The number of rotatable bonds is 7. The van der Waals surface area contributed by atoms with Crippen molar-refractivity contribution in [3.63, 3.8) is 0 Å². The van der Waals surface area contributed by atoms with E-state index < -0.39 is 0 Å². The van der Waals surface area contributed by atoms with E-state index in [2.05, 4.69) is 243 Å². The molecule has 1 heterocycles. The van der Waals surface area contributed by atoms with Crippen molar-refractivity contribution in [1.29, 1.82) is 0 Å². The molecular weight excluding hydrogens is 701 g/mol. The zero-order chi connectivity index (χ0) is 39.2. The molecule has 0 saturated carbocycles. The van der Waals surface area contributed by atoms with Gasteiger partial charge in [0.25, 0.3) is 0 Å². The van der Waals surface area contributed by atoms with Gasteiger partial charge < -0.3 is 9.47 Å². The minimum atomic E-state index is 0.0498. The van der Waals surface area contributed by atoms with Gasteiger partial charge in [0, 0.05) is 33.4 Å². The van der Waals surface area contributed by atoms with Crippen LogP contribution in [0.3, 0.4) is 0 Å². The van der Waals surface area contributed by atoms with Crippen LogP contribution in [0.2, 0.25) is 0 Å². The molecular formula is C56H44N2. The lowest BCUT2D eigenvalue weighted by molar-refractivity contribution is 0.590. The van der Waals surface area contributed by atoms with Crippen molar-refractivity contribution < 1.29 is 0 Å². The summed E-state index contributed by atoms with van der Waals surface area (Å²) in [6.45, 7) is 6.82. The fourth-order valence-electron chi connectivity index (χ4n) is 8.67. The summed E-state index contributed by atoms with van der Waals surface area (Å²) < 4.78 is 2.37. The van der Waals surface area contributed by atoms with E-state index in [4.69, 9.17) is 0 Å². The first-order valence-electron chi connectivity index (χ1n) is 20.2. The SMILES string of the molecule is CC(C)(C)c1ccc(N(c2ccc(-c3ccc4c(c3)c3ccccc3n4-c3ccccc3)cc2)c2ccccc2-c2cccc3cccc(-c4ccccc4)c23)cc1. The van der Waals surface area contributed by atoms with E-state index in [0.29, 0.717) is 0 Å². The molecule has 0 N–H and O–H groups in total. The Hall–Kier alpha value is -7.16. The summed E-state index contributed by atoms with van der Waals surface area (Å²) in [5, 5.41) is 4.99. The fourth-order valence-corrected chi connectivity index (χ4v) is 8.67. The van der Waals surface area contributed by atoms with Gasteiger partial charge in [-0.1, -0.05) is 172 Å². The molecule has 58 heavy (non-hydrogen) atoms. The van der Waals surface area contributed by atoms with Crippen LogP contribution in [-0.2, 0) is 5.41 Å². The molecule has 1 aromatic heterocycles. The molecule has 0 saturated heterocycles. The van der Waals surface area contributed by atoms with Crippen LogP contribution in [-0.4, -0.2) is 4.57 Å². The highest BCUT2D eigenvalue weighted by atomic mass is 15.1. The van der Waals surface area contributed by atoms with Crippen molar-refractivity contribution in [2.45, 2.75) is 26.2 Å². The number of benzene rings is 9. The lowest BCUT2D eigenvalue weighted by Crippen LogP contribution is -2.13. The normalized spacial score (nSPS) is 11.7. The first-order valence-corrected chi connectivity index (χ1v) is 20.2. The number of aromatic nitrogens is 1. The number of para-hydroxylation sites is 3. The van der Waals surface area contributed by atoms with Gasteiger partial charge in [-0.3, -0.25) is 0 Å². The summed E-state index contributed by atoms with van der Waals surface area (Å²) in [6.07, 6.45) is 0. The van der Waals surface area contributed by atoms with Crippen LogP contribution in [0.5, 0.6) is 0 Å². The van der Waals surface area contributed by atoms with E-state index in [1.54, 1.807) is 0 Å². The van der Waals surface area contributed by atoms with Crippen LogP contribution in [0, 0.1) is 0 Å². The average Bonchev–Trinajstić information content (AvgIpc) is 3.61. The zero-order valence-electron chi connectivity index (χ0n) is 33.1. The summed E-state index contributed by atoms with van der Waals surface area (Å²) in [7, 11) is 0. The van der Waals surface area contributed by atoms with Gasteiger partial charge in [0.15, 0.2) is 0 Å². The molecule has 0 fully saturated rings. The number of anilines is 3. The van der Waals surface area contributed by atoms with Gasteiger partial charge in [-0.25, -0.2) is 0 Å². The second-order valence-electron chi connectivity index (χ2n) is 16.2.